The highest BCUT2D eigenvalue weighted by atomic mass is 79.9. The lowest BCUT2D eigenvalue weighted by Gasteiger charge is -2.20. The number of nitrogens with zero attached hydrogens (tertiary/aromatic N) is 7. The molecule has 172 valence electrons. The van der Waals surface area contributed by atoms with Gasteiger partial charge < -0.3 is 4.57 Å². The zero-order chi connectivity index (χ0) is 23.9. The summed E-state index contributed by atoms with van der Waals surface area (Å²) in [5.74, 6) is 1.55. The van der Waals surface area contributed by atoms with E-state index in [0.29, 0.717) is 21.6 Å². The van der Waals surface area contributed by atoms with Gasteiger partial charge in [0, 0.05) is 12.0 Å². The van der Waals surface area contributed by atoms with E-state index in [-0.39, 0.29) is 5.41 Å². The summed E-state index contributed by atoms with van der Waals surface area (Å²) in [6, 6.07) is 16.5. The van der Waals surface area contributed by atoms with E-state index in [9.17, 15) is 0 Å². The lowest BCUT2D eigenvalue weighted by atomic mass is 9.91. The standard InChI is InChI=1S/C24H22Br2N8/c1-24(2,3)12-18-27-19-20(22(26)29-28-21(19)25)34(18)13-14-8-4-5-9-15(14)16-10-6-7-11-17(16)23-30-32-33-31-23/h4-11H,12-13H2,1-3H3,(H,30,31,32,33). The number of hydrogen-bond acceptors (Lipinski definition) is 6. The fourth-order valence-corrected chi connectivity index (χ4v) is 4.93. The number of imidazole rings is 1. The molecule has 0 saturated heterocycles. The molecule has 0 fully saturated rings. The third kappa shape index (κ3) is 4.39. The molecule has 3 heterocycles. The molecule has 0 aliphatic carbocycles. The molecular weight excluding hydrogens is 560 g/mol. The Bertz CT molecular complexity index is 1470. The molecule has 10 heteroatoms. The first-order chi connectivity index (χ1) is 16.3. The minimum atomic E-state index is 0.0592. The zero-order valence-electron chi connectivity index (χ0n) is 18.9. The second-order valence-corrected chi connectivity index (χ2v) is 10.8. The number of hydrogen-bond donors (Lipinski definition) is 1. The normalized spacial score (nSPS) is 11.9. The van der Waals surface area contributed by atoms with Crippen LogP contribution in [0, 0.1) is 5.41 Å². The van der Waals surface area contributed by atoms with Gasteiger partial charge >= 0.3 is 0 Å². The van der Waals surface area contributed by atoms with Crippen LogP contribution in [0.3, 0.4) is 0 Å². The number of halogens is 2. The molecule has 0 amide bonds. The maximum atomic E-state index is 4.97. The SMILES string of the molecule is CC(C)(C)Cc1nc2c(Br)nnc(Br)c2n1Cc1ccccc1-c1ccccc1-c1nn[nH]n1. The first-order valence-electron chi connectivity index (χ1n) is 10.8. The summed E-state index contributed by atoms with van der Waals surface area (Å²) in [6.45, 7) is 7.26. The summed E-state index contributed by atoms with van der Waals surface area (Å²) < 4.78 is 3.54. The summed E-state index contributed by atoms with van der Waals surface area (Å²) in [6.07, 6.45) is 0.808. The number of rotatable bonds is 5. The van der Waals surface area contributed by atoms with Crippen molar-refractivity contribution >= 4 is 42.9 Å². The van der Waals surface area contributed by atoms with E-state index in [0.717, 1.165) is 45.5 Å². The lowest BCUT2D eigenvalue weighted by Crippen LogP contribution is -2.15. The van der Waals surface area contributed by atoms with Crippen LogP contribution < -0.4 is 0 Å². The number of fused-ring (bicyclic) bond motifs is 1. The van der Waals surface area contributed by atoms with Gasteiger partial charge in [0.25, 0.3) is 0 Å². The van der Waals surface area contributed by atoms with Crippen molar-refractivity contribution in [3.05, 3.63) is 69.1 Å². The van der Waals surface area contributed by atoms with Crippen LogP contribution in [0.2, 0.25) is 0 Å². The first-order valence-corrected chi connectivity index (χ1v) is 12.4. The summed E-state index contributed by atoms with van der Waals surface area (Å²) in [4.78, 5) is 4.97. The minimum absolute atomic E-state index is 0.0592. The number of nitrogens with one attached hydrogen (secondary N) is 1. The van der Waals surface area contributed by atoms with Gasteiger partial charge in [-0.15, -0.1) is 20.4 Å². The van der Waals surface area contributed by atoms with Crippen molar-refractivity contribution in [1.82, 2.24) is 40.4 Å². The first kappa shape index (κ1) is 22.8. The maximum absolute atomic E-state index is 4.97. The molecule has 5 aromatic rings. The number of H-pyrrole nitrogens is 1. The topological polar surface area (TPSA) is 98.1 Å². The van der Waals surface area contributed by atoms with Gasteiger partial charge in [0.05, 0.1) is 6.54 Å². The average Bonchev–Trinajstić information content (AvgIpc) is 3.45. The monoisotopic (exact) mass is 580 g/mol. The highest BCUT2D eigenvalue weighted by Crippen LogP contribution is 2.35. The van der Waals surface area contributed by atoms with Crippen LogP contribution in [0.25, 0.3) is 33.5 Å². The van der Waals surface area contributed by atoms with Gasteiger partial charge in [-0.3, -0.25) is 0 Å². The van der Waals surface area contributed by atoms with E-state index in [1.54, 1.807) is 0 Å². The second-order valence-electron chi connectivity index (χ2n) is 9.27. The molecule has 0 radical (unpaired) electrons. The molecule has 8 nitrogen and oxygen atoms in total. The Morgan fingerprint density at radius 1 is 0.853 bits per heavy atom. The molecular formula is C24H22Br2N8. The Balaban J connectivity index is 1.68. The Kier molecular flexibility index (Phi) is 6.03. The largest absolute Gasteiger partial charge is 0.321 e. The van der Waals surface area contributed by atoms with E-state index in [4.69, 9.17) is 4.98 Å². The molecule has 34 heavy (non-hydrogen) atoms. The molecule has 0 unspecified atom stereocenters. The van der Waals surface area contributed by atoms with Crippen LogP contribution in [0.4, 0.5) is 0 Å². The number of aromatic amines is 1. The fraction of sp³-hybridized carbons (Fsp3) is 0.250. The quantitative estimate of drug-likeness (QED) is 0.280. The number of benzene rings is 2. The van der Waals surface area contributed by atoms with Crippen LogP contribution in [0.1, 0.15) is 32.2 Å². The summed E-state index contributed by atoms with van der Waals surface area (Å²) in [7, 11) is 0. The van der Waals surface area contributed by atoms with Crippen LogP contribution >= 0.6 is 31.9 Å². The van der Waals surface area contributed by atoms with E-state index in [1.807, 2.05) is 24.3 Å². The van der Waals surface area contributed by atoms with Gasteiger partial charge in [-0.25, -0.2) is 4.98 Å². The highest BCUT2D eigenvalue weighted by molar-refractivity contribution is 9.11. The number of tetrazole rings is 1. The van der Waals surface area contributed by atoms with Crippen molar-refractivity contribution in [3.63, 3.8) is 0 Å². The predicted molar refractivity (Wildman–Crippen MR) is 138 cm³/mol. The number of aromatic nitrogens is 8. The van der Waals surface area contributed by atoms with E-state index in [1.165, 1.54) is 0 Å². The molecule has 0 atom stereocenters. The van der Waals surface area contributed by atoms with Crippen molar-refractivity contribution in [2.45, 2.75) is 33.7 Å². The third-order valence-corrected chi connectivity index (χ3v) is 6.57. The Labute approximate surface area is 213 Å². The van der Waals surface area contributed by atoms with Gasteiger partial charge in [0.1, 0.15) is 16.9 Å². The van der Waals surface area contributed by atoms with E-state index in [2.05, 4.69) is 112 Å². The highest BCUT2D eigenvalue weighted by Gasteiger charge is 2.23. The summed E-state index contributed by atoms with van der Waals surface area (Å²) in [5.41, 5.74) is 5.98. The van der Waals surface area contributed by atoms with Crippen molar-refractivity contribution in [2.75, 3.05) is 0 Å². The smallest absolute Gasteiger partial charge is 0.205 e. The van der Waals surface area contributed by atoms with Gasteiger partial charge in [0.2, 0.25) is 5.82 Å². The molecule has 0 aliphatic rings. The van der Waals surface area contributed by atoms with Gasteiger partial charge in [-0.2, -0.15) is 5.21 Å². The van der Waals surface area contributed by atoms with Crippen molar-refractivity contribution in [1.29, 1.82) is 0 Å². The van der Waals surface area contributed by atoms with Crippen LogP contribution in [-0.4, -0.2) is 40.4 Å². The molecule has 5 rings (SSSR count). The van der Waals surface area contributed by atoms with Crippen molar-refractivity contribution < 1.29 is 0 Å². The minimum Gasteiger partial charge on any atom is -0.321 e. The van der Waals surface area contributed by atoms with Crippen LogP contribution in [-0.2, 0) is 13.0 Å². The summed E-state index contributed by atoms with van der Waals surface area (Å²) >= 11 is 7.14. The molecule has 2 aromatic carbocycles. The van der Waals surface area contributed by atoms with Crippen LogP contribution in [0.15, 0.2) is 57.7 Å². The Morgan fingerprint density at radius 3 is 2.24 bits per heavy atom. The molecule has 3 aromatic heterocycles. The van der Waals surface area contributed by atoms with Crippen molar-refractivity contribution in [3.8, 4) is 22.5 Å². The predicted octanol–water partition coefficient (Wildman–Crippen LogP) is 5.84. The lowest BCUT2D eigenvalue weighted by molar-refractivity contribution is 0.394. The second kappa shape index (κ2) is 8.99. The van der Waals surface area contributed by atoms with Gasteiger partial charge in [-0.1, -0.05) is 69.3 Å². The fourth-order valence-electron chi connectivity index (χ4n) is 4.09. The molecule has 0 spiro atoms. The van der Waals surface area contributed by atoms with E-state index >= 15 is 0 Å². The van der Waals surface area contributed by atoms with Gasteiger partial charge in [-0.05, 0) is 59.2 Å². The summed E-state index contributed by atoms with van der Waals surface area (Å²) in [5, 5.41) is 23.2. The van der Waals surface area contributed by atoms with Crippen molar-refractivity contribution in [2.24, 2.45) is 5.41 Å². The van der Waals surface area contributed by atoms with Gasteiger partial charge in [0.15, 0.2) is 9.21 Å². The van der Waals surface area contributed by atoms with Crippen LogP contribution in [0.5, 0.6) is 0 Å². The Morgan fingerprint density at radius 2 is 1.53 bits per heavy atom. The van der Waals surface area contributed by atoms with E-state index < -0.39 is 0 Å². The molecule has 0 bridgehead atoms. The molecule has 0 saturated carbocycles. The zero-order valence-corrected chi connectivity index (χ0v) is 22.1. The average molecular weight is 582 g/mol. The molecule has 1 N–H and O–H groups in total. The third-order valence-electron chi connectivity index (χ3n) is 5.50. The maximum Gasteiger partial charge on any atom is 0.205 e. The molecule has 0 aliphatic heterocycles. The Hall–Kier alpha value is -2.98.